The molecule has 2 aliphatic rings. The second-order valence-electron chi connectivity index (χ2n) is 5.19. The van der Waals surface area contributed by atoms with E-state index in [2.05, 4.69) is 17.5 Å². The molecule has 1 aliphatic carbocycles. The van der Waals surface area contributed by atoms with E-state index >= 15 is 0 Å². The molecule has 0 fully saturated rings. The fraction of sp³-hybridized carbons (Fsp3) is 0.500. The molecule has 0 bridgehead atoms. The molecule has 0 saturated heterocycles. The predicted octanol–water partition coefficient (Wildman–Crippen LogP) is 3.40. The van der Waals surface area contributed by atoms with Gasteiger partial charge in [0.15, 0.2) is 11.5 Å². The summed E-state index contributed by atoms with van der Waals surface area (Å²) >= 11 is 0. The quantitative estimate of drug-likeness (QED) is 0.649. The third-order valence-corrected chi connectivity index (χ3v) is 3.80. The Bertz CT molecular complexity index is 468. The van der Waals surface area contributed by atoms with Crippen LogP contribution in [0, 0.1) is 0 Å². The summed E-state index contributed by atoms with van der Waals surface area (Å²) in [6, 6.07) is 6.08. The summed E-state index contributed by atoms with van der Waals surface area (Å²) < 4.78 is 10.9. The van der Waals surface area contributed by atoms with E-state index in [4.69, 9.17) is 9.47 Å². The minimum absolute atomic E-state index is 0.346. The lowest BCUT2D eigenvalue weighted by Gasteiger charge is -2.13. The highest BCUT2D eigenvalue weighted by molar-refractivity contribution is 5.48. The molecular weight excluding hydrogens is 238 g/mol. The topological polar surface area (TPSA) is 30.5 Å². The summed E-state index contributed by atoms with van der Waals surface area (Å²) in [7, 11) is 0. The van der Waals surface area contributed by atoms with Gasteiger partial charge < -0.3 is 14.8 Å². The van der Waals surface area contributed by atoms with Crippen molar-refractivity contribution in [1.82, 2.24) is 5.32 Å². The van der Waals surface area contributed by atoms with Gasteiger partial charge in [-0.05, 0) is 44.7 Å². The van der Waals surface area contributed by atoms with Gasteiger partial charge in [0.05, 0.1) is 0 Å². The highest BCUT2D eigenvalue weighted by Crippen LogP contribution is 2.35. The molecule has 0 amide bonds. The summed E-state index contributed by atoms with van der Waals surface area (Å²) in [5.41, 5.74) is 2.81. The molecule has 1 heterocycles. The molecule has 3 nitrogen and oxygen atoms in total. The van der Waals surface area contributed by atoms with Gasteiger partial charge in [-0.15, -0.1) is 0 Å². The van der Waals surface area contributed by atoms with Crippen molar-refractivity contribution in [2.45, 2.75) is 38.6 Å². The van der Waals surface area contributed by atoms with Crippen molar-refractivity contribution < 1.29 is 9.47 Å². The third-order valence-electron chi connectivity index (χ3n) is 3.80. The molecule has 0 aromatic heterocycles. The van der Waals surface area contributed by atoms with Gasteiger partial charge in [-0.2, -0.15) is 0 Å². The molecule has 0 atom stereocenters. The normalized spacial score (nSPS) is 17.4. The molecule has 3 heteroatoms. The molecule has 0 unspecified atom stereocenters. The van der Waals surface area contributed by atoms with Crippen molar-refractivity contribution in [3.63, 3.8) is 0 Å². The van der Waals surface area contributed by atoms with Crippen LogP contribution in [0.4, 0.5) is 0 Å². The molecule has 1 aromatic rings. The molecule has 0 saturated carbocycles. The Balaban J connectivity index is 1.48. The molecule has 1 aliphatic heterocycles. The first kappa shape index (κ1) is 12.5. The molecule has 19 heavy (non-hydrogen) atoms. The Morgan fingerprint density at radius 1 is 1.16 bits per heavy atom. The van der Waals surface area contributed by atoms with E-state index in [1.54, 1.807) is 5.57 Å². The highest BCUT2D eigenvalue weighted by Gasteiger charge is 2.16. The van der Waals surface area contributed by atoms with Gasteiger partial charge in [0.25, 0.3) is 0 Å². The Morgan fingerprint density at radius 3 is 3.05 bits per heavy atom. The number of para-hydroxylation sites is 1. The van der Waals surface area contributed by atoms with E-state index in [1.807, 2.05) is 12.1 Å². The van der Waals surface area contributed by atoms with Gasteiger partial charge in [0.1, 0.15) is 0 Å². The highest BCUT2D eigenvalue weighted by atomic mass is 16.7. The summed E-state index contributed by atoms with van der Waals surface area (Å²) in [6.07, 6.45) is 8.88. The minimum atomic E-state index is 0.346. The smallest absolute Gasteiger partial charge is 0.231 e. The van der Waals surface area contributed by atoms with Gasteiger partial charge >= 0.3 is 0 Å². The summed E-state index contributed by atoms with van der Waals surface area (Å²) in [5.74, 6) is 1.78. The standard InChI is InChI=1S/C16H21NO2/c1-2-5-13(6-3-1)9-10-17-11-14-7-4-8-15-16(14)19-12-18-15/h4-5,7-8,17H,1-3,6,9-12H2. The first-order chi connectivity index (χ1) is 9.43. The lowest BCUT2D eigenvalue weighted by atomic mass is 9.97. The zero-order chi connectivity index (χ0) is 12.9. The molecule has 102 valence electrons. The lowest BCUT2D eigenvalue weighted by molar-refractivity contribution is 0.173. The Morgan fingerprint density at radius 2 is 2.16 bits per heavy atom. The Kier molecular flexibility index (Phi) is 4.04. The average molecular weight is 259 g/mol. The molecule has 1 N–H and O–H groups in total. The van der Waals surface area contributed by atoms with Gasteiger partial charge in [0, 0.05) is 12.1 Å². The van der Waals surface area contributed by atoms with Crippen LogP contribution in [-0.2, 0) is 6.54 Å². The number of benzene rings is 1. The Hall–Kier alpha value is -1.48. The van der Waals surface area contributed by atoms with Gasteiger partial charge in [0.2, 0.25) is 6.79 Å². The summed E-state index contributed by atoms with van der Waals surface area (Å²) in [5, 5.41) is 3.50. The fourth-order valence-electron chi connectivity index (χ4n) is 2.73. The lowest BCUT2D eigenvalue weighted by Crippen LogP contribution is -2.16. The monoisotopic (exact) mass is 259 g/mol. The van der Waals surface area contributed by atoms with E-state index in [0.717, 1.165) is 24.6 Å². The first-order valence-corrected chi connectivity index (χ1v) is 7.19. The molecule has 3 rings (SSSR count). The maximum absolute atomic E-state index is 5.50. The van der Waals surface area contributed by atoms with Crippen LogP contribution in [-0.4, -0.2) is 13.3 Å². The van der Waals surface area contributed by atoms with Crippen LogP contribution in [0.15, 0.2) is 29.8 Å². The van der Waals surface area contributed by atoms with Crippen LogP contribution in [0.3, 0.4) is 0 Å². The minimum Gasteiger partial charge on any atom is -0.454 e. The number of hydrogen-bond acceptors (Lipinski definition) is 3. The maximum atomic E-state index is 5.50. The first-order valence-electron chi connectivity index (χ1n) is 7.19. The number of rotatable bonds is 5. The fourth-order valence-corrected chi connectivity index (χ4v) is 2.73. The average Bonchev–Trinajstić information content (AvgIpc) is 2.94. The third kappa shape index (κ3) is 3.10. The van der Waals surface area contributed by atoms with Crippen molar-refractivity contribution in [1.29, 1.82) is 0 Å². The molecule has 0 spiro atoms. The van der Waals surface area contributed by atoms with Crippen molar-refractivity contribution in [2.24, 2.45) is 0 Å². The second-order valence-corrected chi connectivity index (χ2v) is 5.19. The Labute approximate surface area is 114 Å². The van der Waals surface area contributed by atoms with E-state index < -0.39 is 0 Å². The van der Waals surface area contributed by atoms with Crippen LogP contribution in [0.5, 0.6) is 11.5 Å². The zero-order valence-electron chi connectivity index (χ0n) is 11.3. The van der Waals surface area contributed by atoms with Crippen molar-refractivity contribution in [2.75, 3.05) is 13.3 Å². The maximum Gasteiger partial charge on any atom is 0.231 e. The number of hydrogen-bond donors (Lipinski definition) is 1. The van der Waals surface area contributed by atoms with Crippen LogP contribution in [0.1, 0.15) is 37.7 Å². The van der Waals surface area contributed by atoms with E-state index in [-0.39, 0.29) is 0 Å². The van der Waals surface area contributed by atoms with Crippen LogP contribution >= 0.6 is 0 Å². The summed E-state index contributed by atoms with van der Waals surface area (Å²) in [4.78, 5) is 0. The number of nitrogens with one attached hydrogen (secondary N) is 1. The predicted molar refractivity (Wildman–Crippen MR) is 75.4 cm³/mol. The SMILES string of the molecule is C1=C(CCNCc2cccc3c2OCO3)CCCC1. The summed E-state index contributed by atoms with van der Waals surface area (Å²) in [6.45, 7) is 2.23. The van der Waals surface area contributed by atoms with Gasteiger partial charge in [-0.1, -0.05) is 23.8 Å². The number of fused-ring (bicyclic) bond motifs is 1. The second kappa shape index (κ2) is 6.11. The van der Waals surface area contributed by atoms with E-state index in [0.29, 0.717) is 6.79 Å². The van der Waals surface area contributed by atoms with Crippen molar-refractivity contribution in [3.05, 3.63) is 35.4 Å². The molecule has 0 radical (unpaired) electrons. The van der Waals surface area contributed by atoms with Gasteiger partial charge in [-0.3, -0.25) is 0 Å². The molecular formula is C16H21NO2. The van der Waals surface area contributed by atoms with Gasteiger partial charge in [-0.25, -0.2) is 0 Å². The van der Waals surface area contributed by atoms with Crippen LogP contribution in [0.2, 0.25) is 0 Å². The van der Waals surface area contributed by atoms with E-state index in [1.165, 1.54) is 37.7 Å². The number of ether oxygens (including phenoxy) is 2. The molecule has 1 aromatic carbocycles. The largest absolute Gasteiger partial charge is 0.454 e. The van der Waals surface area contributed by atoms with Crippen LogP contribution < -0.4 is 14.8 Å². The zero-order valence-corrected chi connectivity index (χ0v) is 11.3. The van der Waals surface area contributed by atoms with Crippen molar-refractivity contribution in [3.8, 4) is 11.5 Å². The van der Waals surface area contributed by atoms with Crippen LogP contribution in [0.25, 0.3) is 0 Å². The number of allylic oxidation sites excluding steroid dienone is 1. The van der Waals surface area contributed by atoms with Crippen molar-refractivity contribution >= 4 is 0 Å². The van der Waals surface area contributed by atoms with E-state index in [9.17, 15) is 0 Å².